The van der Waals surface area contributed by atoms with E-state index in [1.165, 1.54) is 11.8 Å². The van der Waals surface area contributed by atoms with Gasteiger partial charge in [-0.1, -0.05) is 24.3 Å². The first kappa shape index (κ1) is 35.4. The quantitative estimate of drug-likeness (QED) is 0.0957. The molecule has 7 N–H and O–H groups in total. The molecule has 1 aromatic carbocycles. The van der Waals surface area contributed by atoms with Gasteiger partial charge < -0.3 is 36.0 Å². The summed E-state index contributed by atoms with van der Waals surface area (Å²) in [5, 5.41) is 9.86. The second-order valence-electron chi connectivity index (χ2n) is 10.7. The topological polar surface area (TPSA) is 203 Å². The molecule has 1 aromatic rings. The molecule has 0 aliphatic carbocycles. The summed E-state index contributed by atoms with van der Waals surface area (Å²) in [4.78, 5) is 60.8. The number of nitrogens with zero attached hydrogens (tertiary/aromatic N) is 3. The summed E-state index contributed by atoms with van der Waals surface area (Å²) in [6.07, 6.45) is -1.12. The van der Waals surface area contributed by atoms with Crippen molar-refractivity contribution in [3.8, 4) is 0 Å². The minimum absolute atomic E-state index is 0.00288. The van der Waals surface area contributed by atoms with Gasteiger partial charge in [-0.3, -0.25) is 25.0 Å². The van der Waals surface area contributed by atoms with Gasteiger partial charge in [-0.05, 0) is 25.2 Å². The summed E-state index contributed by atoms with van der Waals surface area (Å²) >= 11 is 1.50. The van der Waals surface area contributed by atoms with E-state index in [1.807, 2.05) is 43.3 Å². The van der Waals surface area contributed by atoms with Crippen LogP contribution in [0.1, 0.15) is 30.4 Å². The third kappa shape index (κ3) is 11.4. The van der Waals surface area contributed by atoms with Gasteiger partial charge in [-0.25, -0.2) is 9.79 Å². The van der Waals surface area contributed by atoms with Crippen LogP contribution < -0.4 is 27.4 Å². The fraction of sp³-hybridized carbons (Fsp3) is 0.607. The molecule has 0 radical (unpaired) electrons. The zero-order valence-electron chi connectivity index (χ0n) is 25.5. The van der Waals surface area contributed by atoms with Gasteiger partial charge in [0, 0.05) is 57.5 Å². The number of aliphatic imine (C=N–C) groups is 1. The lowest BCUT2D eigenvalue weighted by Gasteiger charge is -2.33. The number of hydrogen-bond donors (Lipinski definition) is 5. The Morgan fingerprint density at radius 3 is 2.43 bits per heavy atom. The van der Waals surface area contributed by atoms with Gasteiger partial charge in [0.05, 0.1) is 31.3 Å². The number of thioether (sulfide) groups is 1. The van der Waals surface area contributed by atoms with E-state index in [1.54, 1.807) is 7.11 Å². The highest BCUT2D eigenvalue weighted by Crippen LogP contribution is 2.19. The van der Waals surface area contributed by atoms with E-state index in [0.29, 0.717) is 30.6 Å². The summed E-state index contributed by atoms with van der Waals surface area (Å²) in [6.45, 7) is 2.33. The largest absolute Gasteiger partial charge is 0.386 e. The number of nitrogens with two attached hydrogens (primary N) is 2. The van der Waals surface area contributed by atoms with Crippen LogP contribution in [0.25, 0.3) is 0 Å². The smallest absolute Gasteiger partial charge is 0.337 e. The third-order valence-corrected chi connectivity index (χ3v) is 7.95. The number of rotatable bonds is 18. The maximum Gasteiger partial charge on any atom is 0.337 e. The predicted molar refractivity (Wildman–Crippen MR) is 164 cm³/mol. The van der Waals surface area contributed by atoms with Crippen LogP contribution in [0.4, 0.5) is 0 Å². The molecule has 2 heterocycles. The summed E-state index contributed by atoms with van der Waals surface area (Å²) in [5.41, 5.74) is 14.0. The van der Waals surface area contributed by atoms with Crippen LogP contribution in [-0.2, 0) is 46.6 Å². The van der Waals surface area contributed by atoms with Crippen LogP contribution in [0.2, 0.25) is 0 Å². The molecule has 3 amide bonds. The van der Waals surface area contributed by atoms with E-state index in [0.717, 1.165) is 23.4 Å². The lowest BCUT2D eigenvalue weighted by molar-refractivity contribution is -0.200. The molecule has 44 heavy (non-hydrogen) atoms. The summed E-state index contributed by atoms with van der Waals surface area (Å²) in [5.74, 6) is -1.70. The zero-order chi connectivity index (χ0) is 32.1. The first-order chi connectivity index (χ1) is 21.1. The van der Waals surface area contributed by atoms with Crippen molar-refractivity contribution in [1.29, 1.82) is 0 Å². The molecule has 2 aliphatic rings. The zero-order valence-corrected chi connectivity index (χ0v) is 26.3. The Kier molecular flexibility index (Phi) is 14.5. The second-order valence-corrected chi connectivity index (χ2v) is 11.8. The van der Waals surface area contributed by atoms with Crippen molar-refractivity contribution in [1.82, 2.24) is 25.9 Å². The molecule has 0 bridgehead atoms. The van der Waals surface area contributed by atoms with Gasteiger partial charge in [-0.15, -0.1) is 5.06 Å². The van der Waals surface area contributed by atoms with Crippen LogP contribution in [0.5, 0.6) is 0 Å². The molecule has 0 spiro atoms. The maximum absolute atomic E-state index is 12.8. The number of amidine groups is 1. The van der Waals surface area contributed by atoms with Crippen LogP contribution in [0, 0.1) is 5.92 Å². The number of hydroxylamine groups is 2. The molecule has 1 fully saturated rings. The van der Waals surface area contributed by atoms with E-state index in [2.05, 4.69) is 20.9 Å². The lowest BCUT2D eigenvalue weighted by atomic mass is 10.1. The highest BCUT2D eigenvalue weighted by atomic mass is 32.2. The average molecular weight is 637 g/mol. The summed E-state index contributed by atoms with van der Waals surface area (Å²) in [7, 11) is 5.47. The van der Waals surface area contributed by atoms with Gasteiger partial charge in [0.1, 0.15) is 5.84 Å². The molecule has 0 aromatic heterocycles. The Morgan fingerprint density at radius 1 is 1.14 bits per heavy atom. The highest BCUT2D eigenvalue weighted by Gasteiger charge is 2.35. The Bertz CT molecular complexity index is 1140. The molecular formula is C28H44N8O7S. The molecular weight excluding hydrogens is 592 g/mol. The first-order valence-corrected chi connectivity index (χ1v) is 15.6. The fourth-order valence-corrected chi connectivity index (χ4v) is 5.41. The van der Waals surface area contributed by atoms with E-state index < -0.39 is 36.1 Å². The Labute approximate surface area is 261 Å². The molecule has 244 valence electrons. The Balaban J connectivity index is 1.48. The number of amides is 3. The highest BCUT2D eigenvalue weighted by molar-refractivity contribution is 7.99. The van der Waals surface area contributed by atoms with Crippen molar-refractivity contribution in [2.24, 2.45) is 22.4 Å². The lowest BCUT2D eigenvalue weighted by Crippen LogP contribution is -2.65. The van der Waals surface area contributed by atoms with Gasteiger partial charge in [0.15, 0.2) is 0 Å². The first-order valence-electron chi connectivity index (χ1n) is 14.4. The predicted octanol–water partition coefficient (Wildman–Crippen LogP) is -1.14. The van der Waals surface area contributed by atoms with Crippen LogP contribution >= 0.6 is 11.8 Å². The standard InChI is InChI=1S/C28H44N8O7S/c1-35(2)10-13-44-17-20(27(40)43-36-22(38)8-9-23(36)39)14-21(37)31-15-18-4-6-19(7-5-18)16-32-26-24(29)25(30)33-28(34-26)42-12-11-41-3/h4-7,20,24,26,28,32,34H,8-17,29H2,1-3H3,(H2,30,33)(H,31,37). The van der Waals surface area contributed by atoms with Crippen molar-refractivity contribution >= 4 is 41.3 Å². The van der Waals surface area contributed by atoms with Gasteiger partial charge in [0.2, 0.25) is 12.3 Å². The maximum atomic E-state index is 12.8. The van der Waals surface area contributed by atoms with Gasteiger partial charge in [-0.2, -0.15) is 11.8 Å². The van der Waals surface area contributed by atoms with Crippen molar-refractivity contribution < 1.29 is 33.5 Å². The minimum atomic E-state index is -0.819. The van der Waals surface area contributed by atoms with E-state index in [-0.39, 0.29) is 43.7 Å². The van der Waals surface area contributed by atoms with Crippen LogP contribution in [-0.4, -0.2) is 111 Å². The minimum Gasteiger partial charge on any atom is -0.386 e. The SMILES string of the molecule is COCCOC1N=C(N)C(N)C(NCc2ccc(CNC(=O)CC(CSCCN(C)C)C(=O)ON3C(=O)CCC3=O)cc2)N1. The van der Waals surface area contributed by atoms with Gasteiger partial charge in [0.25, 0.3) is 11.8 Å². The normalized spacial score (nSPS) is 21.0. The number of benzene rings is 1. The number of hydrogen-bond acceptors (Lipinski definition) is 14. The van der Waals surface area contributed by atoms with E-state index in [4.69, 9.17) is 25.8 Å². The second kappa shape index (κ2) is 18.0. The van der Waals surface area contributed by atoms with Crippen molar-refractivity contribution in [2.45, 2.75) is 50.9 Å². The van der Waals surface area contributed by atoms with Crippen LogP contribution in [0.3, 0.4) is 0 Å². The third-order valence-electron chi connectivity index (χ3n) is 6.85. The van der Waals surface area contributed by atoms with Crippen molar-refractivity contribution in [2.75, 3.05) is 52.5 Å². The van der Waals surface area contributed by atoms with E-state index in [9.17, 15) is 19.2 Å². The summed E-state index contributed by atoms with van der Waals surface area (Å²) < 4.78 is 10.6. The number of imide groups is 1. The fourth-order valence-electron chi connectivity index (χ4n) is 4.21. The molecule has 0 saturated carbocycles. The summed E-state index contributed by atoms with van der Waals surface area (Å²) in [6, 6.07) is 7.11. The molecule has 16 heteroatoms. The number of carbonyl (C=O) groups excluding carboxylic acids is 4. The van der Waals surface area contributed by atoms with Crippen molar-refractivity contribution in [3.05, 3.63) is 35.4 Å². The molecule has 4 unspecified atom stereocenters. The molecule has 15 nitrogen and oxygen atoms in total. The monoisotopic (exact) mass is 636 g/mol. The van der Waals surface area contributed by atoms with E-state index >= 15 is 0 Å². The number of ether oxygens (including phenoxy) is 2. The van der Waals surface area contributed by atoms with Gasteiger partial charge >= 0.3 is 5.97 Å². The van der Waals surface area contributed by atoms with Crippen LogP contribution in [0.15, 0.2) is 29.3 Å². The van der Waals surface area contributed by atoms with Crippen molar-refractivity contribution in [3.63, 3.8) is 0 Å². The molecule has 1 saturated heterocycles. The molecule has 4 atom stereocenters. The Hall–Kier alpha value is -3.12. The number of methoxy groups -OCH3 is 1. The number of nitrogens with one attached hydrogen (secondary N) is 3. The number of carbonyl (C=O) groups is 4. The average Bonchev–Trinajstić information content (AvgIpc) is 3.31. The Morgan fingerprint density at radius 2 is 1.80 bits per heavy atom. The molecule has 3 rings (SSSR count). The molecule has 2 aliphatic heterocycles.